The highest BCUT2D eigenvalue weighted by atomic mass is 16.5. The molecule has 1 aromatic carbocycles. The Morgan fingerprint density at radius 1 is 1.20 bits per heavy atom. The highest BCUT2D eigenvalue weighted by molar-refractivity contribution is 5.73. The molecule has 0 bridgehead atoms. The predicted molar refractivity (Wildman–Crippen MR) is 86.2 cm³/mol. The standard InChI is InChI=1S/C17H28N2O/c1-4-8-20-16-7-5-6-15(17(16)18)19-14-10-12(2)9-13(3)11-14/h5-7,12-14,19H,4,8-11,18H2,1-3H3. The number of para-hydroxylation sites is 1. The van der Waals surface area contributed by atoms with Gasteiger partial charge in [0.2, 0.25) is 0 Å². The zero-order valence-corrected chi connectivity index (χ0v) is 13.0. The molecule has 3 N–H and O–H groups in total. The normalized spacial score (nSPS) is 26.2. The third-order valence-electron chi connectivity index (χ3n) is 4.07. The predicted octanol–water partition coefficient (Wildman–Crippen LogP) is 4.29. The lowest BCUT2D eigenvalue weighted by Gasteiger charge is -2.33. The van der Waals surface area contributed by atoms with Crippen LogP contribution in [0.25, 0.3) is 0 Å². The van der Waals surface area contributed by atoms with Crippen molar-refractivity contribution in [2.45, 2.75) is 52.5 Å². The minimum Gasteiger partial charge on any atom is -0.491 e. The number of nitrogens with one attached hydrogen (secondary N) is 1. The molecule has 1 aliphatic carbocycles. The van der Waals surface area contributed by atoms with E-state index in [0.29, 0.717) is 12.6 Å². The maximum absolute atomic E-state index is 6.22. The van der Waals surface area contributed by atoms with Crippen molar-refractivity contribution in [3.63, 3.8) is 0 Å². The van der Waals surface area contributed by atoms with Gasteiger partial charge >= 0.3 is 0 Å². The summed E-state index contributed by atoms with van der Waals surface area (Å²) < 4.78 is 5.69. The smallest absolute Gasteiger partial charge is 0.144 e. The van der Waals surface area contributed by atoms with Gasteiger partial charge in [-0.15, -0.1) is 0 Å². The van der Waals surface area contributed by atoms with Crippen molar-refractivity contribution < 1.29 is 4.74 Å². The van der Waals surface area contributed by atoms with Crippen molar-refractivity contribution in [3.8, 4) is 5.75 Å². The van der Waals surface area contributed by atoms with E-state index in [-0.39, 0.29) is 0 Å². The Morgan fingerprint density at radius 2 is 1.90 bits per heavy atom. The summed E-state index contributed by atoms with van der Waals surface area (Å²) in [5.74, 6) is 2.38. The average Bonchev–Trinajstić information content (AvgIpc) is 2.38. The molecule has 0 heterocycles. The van der Waals surface area contributed by atoms with Gasteiger partial charge in [-0.25, -0.2) is 0 Å². The lowest BCUT2D eigenvalue weighted by Crippen LogP contribution is -2.30. The van der Waals surface area contributed by atoms with Crippen LogP contribution in [0.4, 0.5) is 11.4 Å². The summed E-state index contributed by atoms with van der Waals surface area (Å²) in [4.78, 5) is 0. The summed E-state index contributed by atoms with van der Waals surface area (Å²) in [6.45, 7) is 7.50. The molecule has 3 nitrogen and oxygen atoms in total. The van der Waals surface area contributed by atoms with Crippen molar-refractivity contribution in [1.82, 2.24) is 0 Å². The second-order valence-corrected chi connectivity index (χ2v) is 6.32. The fourth-order valence-electron chi connectivity index (χ4n) is 3.29. The highest BCUT2D eigenvalue weighted by Crippen LogP contribution is 2.34. The minimum absolute atomic E-state index is 0.525. The van der Waals surface area contributed by atoms with E-state index in [0.717, 1.165) is 35.4 Å². The second kappa shape index (κ2) is 6.87. The molecule has 0 aliphatic heterocycles. The van der Waals surface area contributed by atoms with Gasteiger partial charge in [0.1, 0.15) is 5.75 Å². The molecule has 1 fully saturated rings. The zero-order chi connectivity index (χ0) is 14.5. The molecule has 0 aromatic heterocycles. The number of ether oxygens (including phenoxy) is 1. The molecule has 2 rings (SSSR count). The van der Waals surface area contributed by atoms with E-state index in [4.69, 9.17) is 10.5 Å². The van der Waals surface area contributed by atoms with Gasteiger partial charge in [0.15, 0.2) is 0 Å². The fraction of sp³-hybridized carbons (Fsp3) is 0.647. The molecule has 1 aliphatic rings. The van der Waals surface area contributed by atoms with Gasteiger partial charge in [-0.1, -0.05) is 26.8 Å². The van der Waals surface area contributed by atoms with Gasteiger partial charge in [-0.05, 0) is 49.7 Å². The van der Waals surface area contributed by atoms with Gasteiger partial charge in [0.25, 0.3) is 0 Å². The van der Waals surface area contributed by atoms with E-state index >= 15 is 0 Å². The summed E-state index contributed by atoms with van der Waals surface area (Å²) in [7, 11) is 0. The Hall–Kier alpha value is -1.38. The van der Waals surface area contributed by atoms with Crippen molar-refractivity contribution in [1.29, 1.82) is 0 Å². The van der Waals surface area contributed by atoms with Gasteiger partial charge in [-0.2, -0.15) is 0 Å². The topological polar surface area (TPSA) is 47.3 Å². The van der Waals surface area contributed by atoms with Crippen molar-refractivity contribution in [3.05, 3.63) is 18.2 Å². The van der Waals surface area contributed by atoms with Gasteiger partial charge in [-0.3, -0.25) is 0 Å². The highest BCUT2D eigenvalue weighted by Gasteiger charge is 2.24. The molecule has 0 amide bonds. The van der Waals surface area contributed by atoms with Crippen LogP contribution in [0.3, 0.4) is 0 Å². The van der Waals surface area contributed by atoms with E-state index in [1.165, 1.54) is 19.3 Å². The van der Waals surface area contributed by atoms with Crippen LogP contribution < -0.4 is 15.8 Å². The van der Waals surface area contributed by atoms with E-state index in [1.807, 2.05) is 12.1 Å². The van der Waals surface area contributed by atoms with Crippen LogP contribution >= 0.6 is 0 Å². The number of hydrogen-bond donors (Lipinski definition) is 2. The zero-order valence-electron chi connectivity index (χ0n) is 13.0. The van der Waals surface area contributed by atoms with Gasteiger partial charge in [0, 0.05) is 6.04 Å². The minimum atomic E-state index is 0.525. The molecule has 1 aromatic rings. The third-order valence-corrected chi connectivity index (χ3v) is 4.07. The summed E-state index contributed by atoms with van der Waals surface area (Å²) in [6.07, 6.45) is 4.79. The molecule has 112 valence electrons. The van der Waals surface area contributed by atoms with E-state index in [2.05, 4.69) is 32.2 Å². The summed E-state index contributed by atoms with van der Waals surface area (Å²) in [5, 5.41) is 3.62. The molecule has 2 unspecified atom stereocenters. The summed E-state index contributed by atoms with van der Waals surface area (Å²) in [6, 6.07) is 6.54. The van der Waals surface area contributed by atoms with Crippen molar-refractivity contribution in [2.75, 3.05) is 17.7 Å². The molecule has 0 spiro atoms. The molecule has 20 heavy (non-hydrogen) atoms. The number of rotatable bonds is 5. The molecule has 0 saturated heterocycles. The first-order chi connectivity index (χ1) is 9.60. The first kappa shape index (κ1) is 15.0. The maximum Gasteiger partial charge on any atom is 0.144 e. The average molecular weight is 276 g/mol. The number of hydrogen-bond acceptors (Lipinski definition) is 3. The lowest BCUT2D eigenvalue weighted by atomic mass is 9.80. The van der Waals surface area contributed by atoms with Crippen LogP contribution in [0.1, 0.15) is 46.5 Å². The third kappa shape index (κ3) is 3.81. The van der Waals surface area contributed by atoms with Crippen molar-refractivity contribution in [2.24, 2.45) is 11.8 Å². The van der Waals surface area contributed by atoms with Crippen LogP contribution in [0.15, 0.2) is 18.2 Å². The summed E-state index contributed by atoms with van der Waals surface area (Å²) >= 11 is 0. The van der Waals surface area contributed by atoms with Crippen LogP contribution in [-0.2, 0) is 0 Å². The Bertz CT molecular complexity index is 423. The second-order valence-electron chi connectivity index (χ2n) is 6.32. The van der Waals surface area contributed by atoms with E-state index in [9.17, 15) is 0 Å². The van der Waals surface area contributed by atoms with E-state index in [1.54, 1.807) is 0 Å². The summed E-state index contributed by atoms with van der Waals surface area (Å²) in [5.41, 5.74) is 7.98. The van der Waals surface area contributed by atoms with Crippen LogP contribution in [0.2, 0.25) is 0 Å². The lowest BCUT2D eigenvalue weighted by molar-refractivity contribution is 0.281. The number of nitrogen functional groups attached to an aromatic ring is 1. The molecule has 0 radical (unpaired) electrons. The Morgan fingerprint density at radius 3 is 2.55 bits per heavy atom. The van der Waals surface area contributed by atoms with Crippen LogP contribution in [0, 0.1) is 11.8 Å². The quantitative estimate of drug-likeness (QED) is 0.788. The Kier molecular flexibility index (Phi) is 5.16. The molecule has 2 atom stereocenters. The monoisotopic (exact) mass is 276 g/mol. The van der Waals surface area contributed by atoms with Crippen LogP contribution in [-0.4, -0.2) is 12.6 Å². The molecular formula is C17H28N2O. The molecular weight excluding hydrogens is 248 g/mol. The number of benzene rings is 1. The van der Waals surface area contributed by atoms with E-state index < -0.39 is 0 Å². The Labute approximate surface area is 122 Å². The van der Waals surface area contributed by atoms with Gasteiger partial charge < -0.3 is 15.8 Å². The van der Waals surface area contributed by atoms with Crippen LogP contribution in [0.5, 0.6) is 5.75 Å². The maximum atomic E-state index is 6.22. The Balaban J connectivity index is 2.05. The SMILES string of the molecule is CCCOc1cccc(NC2CC(C)CC(C)C2)c1N. The molecule has 1 saturated carbocycles. The first-order valence-corrected chi connectivity index (χ1v) is 7.88. The fourth-order valence-corrected chi connectivity index (χ4v) is 3.29. The van der Waals surface area contributed by atoms with Gasteiger partial charge in [0.05, 0.1) is 18.0 Å². The number of nitrogens with two attached hydrogens (primary N) is 1. The first-order valence-electron chi connectivity index (χ1n) is 7.88. The van der Waals surface area contributed by atoms with Crippen molar-refractivity contribution >= 4 is 11.4 Å². The number of anilines is 2. The molecule has 3 heteroatoms. The largest absolute Gasteiger partial charge is 0.491 e.